The van der Waals surface area contributed by atoms with Crippen molar-refractivity contribution in [3.05, 3.63) is 187 Å². The number of carbonyl (C=O) groups excluding carboxylic acids is 1. The van der Waals surface area contributed by atoms with Crippen molar-refractivity contribution >= 4 is 62.1 Å². The van der Waals surface area contributed by atoms with Gasteiger partial charge in [0.15, 0.2) is 15.6 Å². The number of carbonyl (C=O) groups is 1. The zero-order chi connectivity index (χ0) is 36.4. The molecular formula is C44H33ClN2O4S2. The minimum Gasteiger partial charge on any atom is -0.457 e. The van der Waals surface area contributed by atoms with Gasteiger partial charge in [-0.05, 0) is 117 Å². The number of Topliss-reactive ketones (excluding diaryl/α,β-unsaturated/α-hetero) is 1. The Labute approximate surface area is 316 Å². The molecular weight excluding hydrogens is 720 g/mol. The van der Waals surface area contributed by atoms with Crippen molar-refractivity contribution in [2.24, 2.45) is 4.99 Å². The second-order valence-corrected chi connectivity index (χ2v) is 16.3. The maximum absolute atomic E-state index is 14.3. The number of fused-ring (bicyclic) bond motifs is 5. The number of rotatable bonds is 6. The molecule has 0 bridgehead atoms. The number of ether oxygens (including phenoxy) is 1. The van der Waals surface area contributed by atoms with Gasteiger partial charge in [0.25, 0.3) is 0 Å². The molecule has 2 heterocycles. The van der Waals surface area contributed by atoms with Crippen molar-refractivity contribution in [2.45, 2.75) is 29.4 Å². The molecule has 0 amide bonds. The molecule has 0 radical (unpaired) electrons. The summed E-state index contributed by atoms with van der Waals surface area (Å²) in [6.45, 7) is 0. The first-order chi connectivity index (χ1) is 25.9. The van der Waals surface area contributed by atoms with Crippen LogP contribution in [0.25, 0.3) is 11.6 Å². The third-order valence-corrected chi connectivity index (χ3v) is 12.9. The third-order valence-electron chi connectivity index (χ3n) is 9.61. The van der Waals surface area contributed by atoms with Crippen molar-refractivity contribution < 1.29 is 17.9 Å². The van der Waals surface area contributed by atoms with Crippen molar-refractivity contribution in [3.8, 4) is 11.5 Å². The summed E-state index contributed by atoms with van der Waals surface area (Å²) in [7, 11) is -3.79. The van der Waals surface area contributed by atoms with Crippen LogP contribution in [0.4, 0.5) is 5.69 Å². The Balaban J connectivity index is 0.000000310. The third kappa shape index (κ3) is 7.01. The van der Waals surface area contributed by atoms with Crippen LogP contribution in [0.1, 0.15) is 44.5 Å². The predicted molar refractivity (Wildman–Crippen MR) is 214 cm³/mol. The summed E-state index contributed by atoms with van der Waals surface area (Å²) in [6.07, 6.45) is 8.89. The number of hydrogen-bond acceptors (Lipinski definition) is 7. The summed E-state index contributed by atoms with van der Waals surface area (Å²) in [5, 5.41) is 8.85. The number of benzene rings is 5. The van der Waals surface area contributed by atoms with Crippen LogP contribution in [0.5, 0.6) is 11.5 Å². The number of ketones is 1. The number of aliphatic imine (C=N–C) groups is 1. The number of anilines is 1. The standard InChI is InChI=1S/C35H25ClO4S2.C9H8N2/c36-23-8-10-24(11-9-23)40-25-12-14-26(15-13-25)42(38,39)33-20-19-31(35(37)32-6-3-21-41-32)30-18-17-28-27-5-2-1-4-22(27)7-16-29(28)34(30)33;1-2-4-9-8(3-1)7-10-5-6-11-9/h1-15,17-18,21,33H,16,19-20H2;1-7,11H. The van der Waals surface area contributed by atoms with E-state index >= 15 is 0 Å². The molecule has 0 spiro atoms. The number of halogens is 1. The molecule has 1 N–H and O–H groups in total. The largest absolute Gasteiger partial charge is 0.457 e. The van der Waals surface area contributed by atoms with Crippen molar-refractivity contribution in [2.75, 3.05) is 5.32 Å². The van der Waals surface area contributed by atoms with Crippen LogP contribution >= 0.6 is 22.9 Å². The summed E-state index contributed by atoms with van der Waals surface area (Å²) in [4.78, 5) is 18.6. The zero-order valence-corrected chi connectivity index (χ0v) is 30.8. The maximum atomic E-state index is 14.3. The Kier molecular flexibility index (Phi) is 9.67. The van der Waals surface area contributed by atoms with Crippen LogP contribution in [0.3, 0.4) is 0 Å². The molecule has 1 unspecified atom stereocenters. The summed E-state index contributed by atoms with van der Waals surface area (Å²) >= 11 is 7.38. The zero-order valence-electron chi connectivity index (χ0n) is 28.4. The lowest BCUT2D eigenvalue weighted by atomic mass is 9.84. The second kappa shape index (κ2) is 14.8. The molecule has 262 valence electrons. The molecule has 0 saturated carbocycles. The highest BCUT2D eigenvalue weighted by atomic mass is 35.5. The highest BCUT2D eigenvalue weighted by molar-refractivity contribution is 7.91. The lowest BCUT2D eigenvalue weighted by Gasteiger charge is -2.28. The molecule has 9 heteroatoms. The van der Waals surface area contributed by atoms with E-state index < -0.39 is 15.1 Å². The predicted octanol–water partition coefficient (Wildman–Crippen LogP) is 9.16. The van der Waals surface area contributed by atoms with E-state index in [1.54, 1.807) is 54.7 Å². The van der Waals surface area contributed by atoms with Gasteiger partial charge >= 0.3 is 0 Å². The van der Waals surface area contributed by atoms with E-state index in [4.69, 9.17) is 16.3 Å². The fourth-order valence-corrected chi connectivity index (χ4v) is 9.76. The summed E-state index contributed by atoms with van der Waals surface area (Å²) in [5.41, 5.74) is 4.65. The van der Waals surface area contributed by atoms with Gasteiger partial charge < -0.3 is 10.1 Å². The summed E-state index contributed by atoms with van der Waals surface area (Å²) in [5.74, 6) is 1.12. The normalized spacial score (nSPS) is 15.2. The Morgan fingerprint density at radius 3 is 2.34 bits per heavy atom. The topological polar surface area (TPSA) is 84.8 Å². The van der Waals surface area contributed by atoms with Crippen LogP contribution in [-0.4, -0.2) is 20.4 Å². The fraction of sp³-hybridized carbons (Fsp3) is 0.0909. The number of sulfone groups is 1. The van der Waals surface area contributed by atoms with Crippen molar-refractivity contribution in [1.82, 2.24) is 0 Å². The first-order valence-corrected chi connectivity index (χ1v) is 20.0. The van der Waals surface area contributed by atoms with Crippen LogP contribution in [0.15, 0.2) is 149 Å². The lowest BCUT2D eigenvalue weighted by Crippen LogP contribution is -2.31. The Morgan fingerprint density at radius 2 is 1.55 bits per heavy atom. The molecule has 2 aliphatic carbocycles. The van der Waals surface area contributed by atoms with Gasteiger partial charge in [-0.3, -0.25) is 9.79 Å². The van der Waals surface area contributed by atoms with Crippen LogP contribution in [0.2, 0.25) is 5.02 Å². The Hall–Kier alpha value is -5.54. The van der Waals surface area contributed by atoms with E-state index in [-0.39, 0.29) is 10.7 Å². The number of thiophene rings is 1. The van der Waals surface area contributed by atoms with Gasteiger partial charge in [0.1, 0.15) is 11.5 Å². The quantitative estimate of drug-likeness (QED) is 0.172. The van der Waals surface area contributed by atoms with E-state index in [9.17, 15) is 13.2 Å². The molecule has 6 nitrogen and oxygen atoms in total. The Bertz CT molecular complexity index is 2740. The smallest absolute Gasteiger partial charge is 0.199 e. The van der Waals surface area contributed by atoms with Gasteiger partial charge in [-0.25, -0.2) is 8.42 Å². The van der Waals surface area contributed by atoms with Gasteiger partial charge in [-0.1, -0.05) is 78.3 Å². The number of hydrogen-bond donors (Lipinski definition) is 1. The van der Waals surface area contributed by atoms with Gasteiger partial charge in [-0.2, -0.15) is 0 Å². The monoisotopic (exact) mass is 752 g/mol. The number of para-hydroxylation sites is 1. The van der Waals surface area contributed by atoms with Crippen LogP contribution < -0.4 is 20.5 Å². The highest BCUT2D eigenvalue weighted by Crippen LogP contribution is 2.39. The highest BCUT2D eigenvalue weighted by Gasteiger charge is 2.36. The second-order valence-electron chi connectivity index (χ2n) is 12.8. The van der Waals surface area contributed by atoms with E-state index in [0.29, 0.717) is 46.2 Å². The van der Waals surface area contributed by atoms with Crippen LogP contribution in [-0.2, 0) is 16.3 Å². The summed E-state index contributed by atoms with van der Waals surface area (Å²) < 4.78 is 34.6. The molecule has 6 aromatic rings. The number of nitrogens with one attached hydrogen (secondary N) is 1. The Morgan fingerprint density at radius 1 is 0.811 bits per heavy atom. The molecule has 0 fully saturated rings. The minimum absolute atomic E-state index is 0.0223. The minimum atomic E-state index is -3.79. The molecule has 1 aliphatic heterocycles. The van der Waals surface area contributed by atoms with Gasteiger partial charge in [0.2, 0.25) is 0 Å². The van der Waals surface area contributed by atoms with Crippen molar-refractivity contribution in [1.29, 1.82) is 0 Å². The molecule has 1 atom stereocenters. The van der Waals surface area contributed by atoms with E-state index in [1.165, 1.54) is 11.3 Å². The summed E-state index contributed by atoms with van der Waals surface area (Å²) in [6, 6.07) is 37.5. The van der Waals surface area contributed by atoms with Crippen LogP contribution in [0, 0.1) is 10.4 Å². The average molecular weight is 753 g/mol. The molecule has 9 rings (SSSR count). The SMILES string of the molecule is C1=CNc2ccccc2C=N1.O=C(C1=c2ccc3c(c2C(S(=O)(=O)c2ccc(Oc4ccc(Cl)cc4)cc2)CC1)CC=c1ccccc1=3)c1cccs1. The van der Waals surface area contributed by atoms with E-state index in [1.807, 2.05) is 72.4 Å². The van der Waals surface area contributed by atoms with Crippen molar-refractivity contribution in [3.63, 3.8) is 0 Å². The van der Waals surface area contributed by atoms with Gasteiger partial charge in [0.05, 0.1) is 15.0 Å². The molecule has 5 aromatic carbocycles. The maximum Gasteiger partial charge on any atom is 0.199 e. The first-order valence-electron chi connectivity index (χ1n) is 17.2. The first kappa shape index (κ1) is 34.5. The fourth-order valence-electron chi connectivity index (χ4n) is 7.09. The van der Waals surface area contributed by atoms with E-state index in [2.05, 4.69) is 34.6 Å². The van der Waals surface area contributed by atoms with Gasteiger partial charge in [-0.15, -0.1) is 11.3 Å². The average Bonchev–Trinajstić information content (AvgIpc) is 3.63. The van der Waals surface area contributed by atoms with Gasteiger partial charge in [0, 0.05) is 40.5 Å². The lowest BCUT2D eigenvalue weighted by molar-refractivity contribution is 0.105. The molecule has 1 aromatic heterocycles. The molecule has 3 aliphatic rings. The molecule has 53 heavy (non-hydrogen) atoms. The number of nitrogens with zero attached hydrogens (tertiary/aromatic N) is 1. The molecule has 0 saturated heterocycles. The van der Waals surface area contributed by atoms with E-state index in [0.717, 1.165) is 43.3 Å².